The van der Waals surface area contributed by atoms with E-state index in [1.807, 2.05) is 32.0 Å². The van der Waals surface area contributed by atoms with E-state index in [-0.39, 0.29) is 5.56 Å². The first-order valence-electron chi connectivity index (χ1n) is 10.2. The number of anilines is 2. The summed E-state index contributed by atoms with van der Waals surface area (Å²) in [5.41, 5.74) is 3.07. The average molecular weight is 425 g/mol. The maximum absolute atomic E-state index is 12.5. The van der Waals surface area contributed by atoms with E-state index in [2.05, 4.69) is 15.2 Å². The van der Waals surface area contributed by atoms with Gasteiger partial charge in [-0.3, -0.25) is 4.79 Å². The lowest BCUT2D eigenvalue weighted by Crippen LogP contribution is -2.37. The van der Waals surface area contributed by atoms with E-state index >= 15 is 0 Å². The predicted molar refractivity (Wildman–Crippen MR) is 120 cm³/mol. The van der Waals surface area contributed by atoms with Gasteiger partial charge in [0.2, 0.25) is 5.95 Å². The van der Waals surface area contributed by atoms with Crippen molar-refractivity contribution in [3.8, 4) is 11.5 Å². The molecule has 0 bridgehead atoms. The van der Waals surface area contributed by atoms with Crippen molar-refractivity contribution in [3.63, 3.8) is 0 Å². The molecule has 1 aliphatic heterocycles. The van der Waals surface area contributed by atoms with Crippen molar-refractivity contribution < 1.29 is 14.2 Å². The Morgan fingerprint density at radius 1 is 1.10 bits per heavy atom. The zero-order valence-electron chi connectivity index (χ0n) is 18.2. The summed E-state index contributed by atoms with van der Waals surface area (Å²) in [4.78, 5) is 27.0. The highest BCUT2D eigenvalue weighted by Crippen LogP contribution is 2.35. The van der Waals surface area contributed by atoms with Crippen molar-refractivity contribution >= 4 is 22.7 Å². The zero-order chi connectivity index (χ0) is 22.0. The minimum absolute atomic E-state index is 0.101. The minimum atomic E-state index is -0.101. The van der Waals surface area contributed by atoms with Crippen LogP contribution in [0.3, 0.4) is 0 Å². The number of nitrogens with zero attached hydrogens (tertiary/aromatic N) is 3. The van der Waals surface area contributed by atoms with Gasteiger partial charge in [0.15, 0.2) is 11.5 Å². The van der Waals surface area contributed by atoms with E-state index in [1.54, 1.807) is 14.2 Å². The van der Waals surface area contributed by atoms with E-state index in [0.29, 0.717) is 48.6 Å². The van der Waals surface area contributed by atoms with Crippen LogP contribution in [0.25, 0.3) is 10.9 Å². The Labute approximate surface area is 180 Å². The van der Waals surface area contributed by atoms with Gasteiger partial charge in [-0.2, -0.15) is 4.98 Å². The Balaban J connectivity index is 1.78. The summed E-state index contributed by atoms with van der Waals surface area (Å²) in [7, 11) is 3.19. The number of aryl methyl sites for hydroxylation is 2. The van der Waals surface area contributed by atoms with Crippen LogP contribution in [0.2, 0.25) is 0 Å². The molecule has 2 N–H and O–H groups in total. The molecule has 0 saturated carbocycles. The summed E-state index contributed by atoms with van der Waals surface area (Å²) in [5, 5.41) is 4.14. The second-order valence-electron chi connectivity index (χ2n) is 7.49. The molecule has 31 heavy (non-hydrogen) atoms. The van der Waals surface area contributed by atoms with Crippen LogP contribution < -0.4 is 25.2 Å². The Morgan fingerprint density at radius 3 is 2.48 bits per heavy atom. The highest BCUT2D eigenvalue weighted by molar-refractivity contribution is 5.92. The Hall–Kier alpha value is -3.33. The smallest absolute Gasteiger partial charge is 0.253 e. The molecule has 3 aromatic rings. The Bertz CT molecular complexity index is 1150. The van der Waals surface area contributed by atoms with Gasteiger partial charge in [0.05, 0.1) is 33.0 Å². The molecule has 0 atom stereocenters. The number of hydrogen-bond acceptors (Lipinski definition) is 8. The van der Waals surface area contributed by atoms with Gasteiger partial charge in [-0.05, 0) is 31.5 Å². The summed E-state index contributed by atoms with van der Waals surface area (Å²) in [6, 6.07) is 5.66. The van der Waals surface area contributed by atoms with Crippen LogP contribution in [0.5, 0.6) is 11.5 Å². The van der Waals surface area contributed by atoms with Gasteiger partial charge in [0.1, 0.15) is 5.82 Å². The molecule has 4 rings (SSSR count). The first kappa shape index (κ1) is 20.9. The molecular weight excluding hydrogens is 398 g/mol. The van der Waals surface area contributed by atoms with Crippen LogP contribution in [0.1, 0.15) is 16.8 Å². The van der Waals surface area contributed by atoms with Crippen LogP contribution in [0, 0.1) is 13.8 Å². The molecule has 0 amide bonds. The van der Waals surface area contributed by atoms with E-state index in [0.717, 1.165) is 35.2 Å². The molecule has 0 radical (unpaired) electrons. The fourth-order valence-corrected chi connectivity index (χ4v) is 3.76. The fraction of sp³-hybridized carbons (Fsp3) is 0.409. The molecular formula is C22H27N5O4. The van der Waals surface area contributed by atoms with Crippen LogP contribution in [0.4, 0.5) is 11.8 Å². The molecule has 1 aliphatic rings. The molecule has 164 valence electrons. The standard InChI is InChI=1S/C22H27N5O4/c1-13-9-14(2)24-21(28)16(13)12-23-20-15-10-18(29-3)19(30-4)11-17(15)25-22(26-20)27-5-7-31-8-6-27/h9-11H,5-8,12H2,1-4H3,(H,24,28)(H,23,25,26). The van der Waals surface area contributed by atoms with Gasteiger partial charge in [0.25, 0.3) is 5.56 Å². The summed E-state index contributed by atoms with van der Waals surface area (Å²) in [6.45, 7) is 6.85. The monoisotopic (exact) mass is 425 g/mol. The molecule has 1 fully saturated rings. The van der Waals surface area contributed by atoms with Gasteiger partial charge in [-0.15, -0.1) is 0 Å². The topological polar surface area (TPSA) is 102 Å². The van der Waals surface area contributed by atoms with Gasteiger partial charge < -0.3 is 29.4 Å². The quantitative estimate of drug-likeness (QED) is 0.621. The second-order valence-corrected chi connectivity index (χ2v) is 7.49. The first-order chi connectivity index (χ1) is 15.0. The van der Waals surface area contributed by atoms with Crippen molar-refractivity contribution in [2.24, 2.45) is 0 Å². The number of rotatable bonds is 6. The molecule has 1 aromatic carbocycles. The Kier molecular flexibility index (Phi) is 5.94. The van der Waals surface area contributed by atoms with Crippen molar-refractivity contribution in [3.05, 3.63) is 45.4 Å². The maximum Gasteiger partial charge on any atom is 0.253 e. The third kappa shape index (κ3) is 4.27. The summed E-state index contributed by atoms with van der Waals surface area (Å²) < 4.78 is 16.4. The molecule has 0 unspecified atom stereocenters. The molecule has 3 heterocycles. The number of H-pyrrole nitrogens is 1. The number of morpholine rings is 1. The van der Waals surface area contributed by atoms with Crippen molar-refractivity contribution in [1.82, 2.24) is 15.0 Å². The molecule has 9 heteroatoms. The first-order valence-corrected chi connectivity index (χ1v) is 10.2. The number of aromatic nitrogens is 3. The second kappa shape index (κ2) is 8.81. The zero-order valence-corrected chi connectivity index (χ0v) is 18.2. The third-order valence-corrected chi connectivity index (χ3v) is 5.41. The largest absolute Gasteiger partial charge is 0.493 e. The number of hydrogen-bond donors (Lipinski definition) is 2. The lowest BCUT2D eigenvalue weighted by Gasteiger charge is -2.27. The predicted octanol–water partition coefficient (Wildman–Crippen LogP) is 2.40. The highest BCUT2D eigenvalue weighted by atomic mass is 16.5. The number of ether oxygens (including phenoxy) is 3. The number of nitrogens with one attached hydrogen (secondary N) is 2. The van der Waals surface area contributed by atoms with Crippen LogP contribution in [0.15, 0.2) is 23.0 Å². The fourth-order valence-electron chi connectivity index (χ4n) is 3.76. The van der Waals surface area contributed by atoms with Crippen molar-refractivity contribution in [2.45, 2.75) is 20.4 Å². The summed E-state index contributed by atoms with van der Waals surface area (Å²) >= 11 is 0. The SMILES string of the molecule is COc1cc2nc(N3CCOCC3)nc(NCc3c(C)cc(C)[nH]c3=O)c2cc1OC. The van der Waals surface area contributed by atoms with E-state index in [4.69, 9.17) is 24.2 Å². The lowest BCUT2D eigenvalue weighted by molar-refractivity contribution is 0.122. The summed E-state index contributed by atoms with van der Waals surface area (Å²) in [5.74, 6) is 2.43. The van der Waals surface area contributed by atoms with Crippen molar-refractivity contribution in [2.75, 3.05) is 50.7 Å². The number of methoxy groups -OCH3 is 2. The molecule has 9 nitrogen and oxygen atoms in total. The van der Waals surface area contributed by atoms with E-state index in [9.17, 15) is 4.79 Å². The third-order valence-electron chi connectivity index (χ3n) is 5.41. The highest BCUT2D eigenvalue weighted by Gasteiger charge is 2.19. The van der Waals surface area contributed by atoms with Crippen LogP contribution >= 0.6 is 0 Å². The van der Waals surface area contributed by atoms with E-state index in [1.165, 1.54) is 0 Å². The normalized spacial score (nSPS) is 14.0. The lowest BCUT2D eigenvalue weighted by atomic mass is 10.1. The Morgan fingerprint density at radius 2 is 1.81 bits per heavy atom. The molecule has 2 aromatic heterocycles. The van der Waals surface area contributed by atoms with Gasteiger partial charge >= 0.3 is 0 Å². The summed E-state index contributed by atoms with van der Waals surface area (Å²) in [6.07, 6.45) is 0. The maximum atomic E-state index is 12.5. The van der Waals surface area contributed by atoms with Gasteiger partial charge in [0, 0.05) is 42.3 Å². The van der Waals surface area contributed by atoms with Crippen molar-refractivity contribution in [1.29, 1.82) is 0 Å². The van der Waals surface area contributed by atoms with Crippen LogP contribution in [-0.2, 0) is 11.3 Å². The van der Waals surface area contributed by atoms with Crippen LogP contribution in [-0.4, -0.2) is 55.5 Å². The number of benzene rings is 1. The van der Waals surface area contributed by atoms with Gasteiger partial charge in [-0.25, -0.2) is 4.98 Å². The molecule has 0 aliphatic carbocycles. The average Bonchev–Trinajstić information content (AvgIpc) is 2.77. The number of pyridine rings is 1. The molecule has 1 saturated heterocycles. The van der Waals surface area contributed by atoms with E-state index < -0.39 is 0 Å². The minimum Gasteiger partial charge on any atom is -0.493 e. The number of fused-ring (bicyclic) bond motifs is 1. The number of aromatic amines is 1. The van der Waals surface area contributed by atoms with Gasteiger partial charge in [-0.1, -0.05) is 0 Å². The molecule has 0 spiro atoms.